The molecule has 0 radical (unpaired) electrons. The van der Waals surface area contributed by atoms with E-state index in [0.717, 1.165) is 5.56 Å². The van der Waals surface area contributed by atoms with Crippen LogP contribution in [0.3, 0.4) is 0 Å². The number of carbonyl (C=O) groups excluding carboxylic acids is 1. The summed E-state index contributed by atoms with van der Waals surface area (Å²) in [7, 11) is 0. The lowest BCUT2D eigenvalue weighted by Gasteiger charge is -2.07. The third-order valence-electron chi connectivity index (χ3n) is 2.21. The molecule has 4 heteroatoms. The van der Waals surface area contributed by atoms with Crippen LogP contribution >= 0.6 is 0 Å². The molecule has 1 atom stereocenters. The van der Waals surface area contributed by atoms with Crippen LogP contribution in [-0.4, -0.2) is 12.6 Å². The summed E-state index contributed by atoms with van der Waals surface area (Å²) in [4.78, 5) is 10.9. The van der Waals surface area contributed by atoms with Crippen molar-refractivity contribution < 1.29 is 4.79 Å². The first kappa shape index (κ1) is 8.57. The lowest BCUT2D eigenvalue weighted by atomic mass is 10.1. The summed E-state index contributed by atoms with van der Waals surface area (Å²) < 4.78 is 0. The zero-order valence-corrected chi connectivity index (χ0v) is 7.45. The topological polar surface area (TPSA) is 64.9 Å². The molecule has 1 fully saturated rings. The second-order valence-electron chi connectivity index (χ2n) is 3.14. The standard InChI is InChI=1S/C10H9N3O/c11-5-7-1-3-8(4-2-7)9-6-12-10(14)13-9/h1-4,9H,6H2,(H2,12,13,14). The minimum Gasteiger partial charge on any atom is -0.336 e. The van der Waals surface area contributed by atoms with E-state index >= 15 is 0 Å². The molecule has 0 saturated carbocycles. The number of nitrogens with one attached hydrogen (secondary N) is 2. The van der Waals surface area contributed by atoms with E-state index in [0.29, 0.717) is 12.1 Å². The van der Waals surface area contributed by atoms with Crippen LogP contribution in [0, 0.1) is 11.3 Å². The highest BCUT2D eigenvalue weighted by Gasteiger charge is 2.20. The van der Waals surface area contributed by atoms with Crippen LogP contribution in [0.5, 0.6) is 0 Å². The quantitative estimate of drug-likeness (QED) is 0.686. The first-order valence-corrected chi connectivity index (χ1v) is 4.34. The van der Waals surface area contributed by atoms with Crippen LogP contribution in [-0.2, 0) is 0 Å². The minimum absolute atomic E-state index is 0.0234. The highest BCUT2D eigenvalue weighted by atomic mass is 16.2. The van der Waals surface area contributed by atoms with Crippen LogP contribution in [0.4, 0.5) is 4.79 Å². The molecule has 1 unspecified atom stereocenters. The van der Waals surface area contributed by atoms with Gasteiger partial charge in [-0.05, 0) is 17.7 Å². The number of benzene rings is 1. The lowest BCUT2D eigenvalue weighted by molar-refractivity contribution is 0.247. The van der Waals surface area contributed by atoms with Crippen molar-refractivity contribution in [3.63, 3.8) is 0 Å². The molecule has 1 aromatic rings. The Labute approximate surface area is 81.5 Å². The zero-order chi connectivity index (χ0) is 9.97. The third-order valence-corrected chi connectivity index (χ3v) is 2.21. The summed E-state index contributed by atoms with van der Waals surface area (Å²) in [5, 5.41) is 14.1. The highest BCUT2D eigenvalue weighted by molar-refractivity contribution is 5.76. The first-order chi connectivity index (χ1) is 6.79. The second kappa shape index (κ2) is 3.38. The molecule has 1 aliphatic rings. The fourth-order valence-corrected chi connectivity index (χ4v) is 1.45. The Morgan fingerprint density at radius 2 is 2.07 bits per heavy atom. The van der Waals surface area contributed by atoms with Crippen LogP contribution < -0.4 is 10.6 Å². The van der Waals surface area contributed by atoms with Gasteiger partial charge in [0.15, 0.2) is 0 Å². The number of nitriles is 1. The zero-order valence-electron chi connectivity index (χ0n) is 7.45. The number of hydrogen-bond acceptors (Lipinski definition) is 2. The van der Waals surface area contributed by atoms with Gasteiger partial charge in [0.05, 0.1) is 17.7 Å². The number of urea groups is 1. The third kappa shape index (κ3) is 1.52. The molecule has 14 heavy (non-hydrogen) atoms. The van der Waals surface area contributed by atoms with Crippen molar-refractivity contribution in [2.75, 3.05) is 6.54 Å². The molecule has 70 valence electrons. The Bertz CT molecular complexity index is 391. The molecule has 1 saturated heterocycles. The largest absolute Gasteiger partial charge is 0.336 e. The van der Waals surface area contributed by atoms with E-state index in [1.807, 2.05) is 12.1 Å². The lowest BCUT2D eigenvalue weighted by Crippen LogP contribution is -2.21. The average molecular weight is 187 g/mol. The molecule has 4 nitrogen and oxygen atoms in total. The van der Waals surface area contributed by atoms with E-state index in [2.05, 4.69) is 16.7 Å². The predicted octanol–water partition coefficient (Wildman–Crippen LogP) is 0.912. The number of nitrogens with zero attached hydrogens (tertiary/aromatic N) is 1. The molecule has 1 aliphatic heterocycles. The molecule has 0 spiro atoms. The molecular weight excluding hydrogens is 178 g/mol. The molecule has 1 heterocycles. The summed E-state index contributed by atoms with van der Waals surface area (Å²) in [6.07, 6.45) is 0. The first-order valence-electron chi connectivity index (χ1n) is 4.34. The van der Waals surface area contributed by atoms with Gasteiger partial charge in [0.1, 0.15) is 0 Å². The summed E-state index contributed by atoms with van der Waals surface area (Å²) in [6.45, 7) is 0.602. The Balaban J connectivity index is 2.18. The van der Waals surface area contributed by atoms with Crippen molar-refractivity contribution in [1.29, 1.82) is 5.26 Å². The Hall–Kier alpha value is -2.02. The molecule has 0 bridgehead atoms. The maximum absolute atomic E-state index is 10.9. The van der Waals surface area contributed by atoms with Crippen molar-refractivity contribution in [2.24, 2.45) is 0 Å². The van der Waals surface area contributed by atoms with Gasteiger partial charge < -0.3 is 10.6 Å². The van der Waals surface area contributed by atoms with E-state index in [1.54, 1.807) is 12.1 Å². The van der Waals surface area contributed by atoms with Gasteiger partial charge in [-0.3, -0.25) is 0 Å². The Morgan fingerprint density at radius 3 is 2.57 bits per heavy atom. The van der Waals surface area contributed by atoms with Crippen LogP contribution in [0.2, 0.25) is 0 Å². The van der Waals surface area contributed by atoms with Crippen molar-refractivity contribution in [2.45, 2.75) is 6.04 Å². The fourth-order valence-electron chi connectivity index (χ4n) is 1.45. The van der Waals surface area contributed by atoms with Gasteiger partial charge in [0.25, 0.3) is 0 Å². The summed E-state index contributed by atoms with van der Waals surface area (Å²) in [5.74, 6) is 0. The van der Waals surface area contributed by atoms with E-state index in [1.165, 1.54) is 0 Å². The van der Waals surface area contributed by atoms with Gasteiger partial charge in [-0.15, -0.1) is 0 Å². The van der Waals surface area contributed by atoms with E-state index in [4.69, 9.17) is 5.26 Å². The van der Waals surface area contributed by atoms with Crippen molar-refractivity contribution in [3.05, 3.63) is 35.4 Å². The number of hydrogen-bond donors (Lipinski definition) is 2. The smallest absolute Gasteiger partial charge is 0.315 e. The molecule has 0 aromatic heterocycles. The number of amides is 2. The maximum atomic E-state index is 10.9. The number of rotatable bonds is 1. The molecule has 2 rings (SSSR count). The number of carbonyl (C=O) groups is 1. The van der Waals surface area contributed by atoms with Gasteiger partial charge in [-0.1, -0.05) is 12.1 Å². The fraction of sp³-hybridized carbons (Fsp3) is 0.200. The van der Waals surface area contributed by atoms with Crippen molar-refractivity contribution >= 4 is 6.03 Å². The monoisotopic (exact) mass is 187 g/mol. The van der Waals surface area contributed by atoms with E-state index in [-0.39, 0.29) is 12.1 Å². The maximum Gasteiger partial charge on any atom is 0.315 e. The van der Waals surface area contributed by atoms with Crippen LogP contribution in [0.1, 0.15) is 17.2 Å². The Morgan fingerprint density at radius 1 is 1.36 bits per heavy atom. The molecule has 2 N–H and O–H groups in total. The van der Waals surface area contributed by atoms with Gasteiger partial charge in [-0.2, -0.15) is 5.26 Å². The molecular formula is C10H9N3O. The summed E-state index contributed by atoms with van der Waals surface area (Å²) in [5.41, 5.74) is 1.65. The van der Waals surface area contributed by atoms with Crippen molar-refractivity contribution in [1.82, 2.24) is 10.6 Å². The van der Waals surface area contributed by atoms with Gasteiger partial charge >= 0.3 is 6.03 Å². The molecule has 0 aliphatic carbocycles. The van der Waals surface area contributed by atoms with Gasteiger partial charge in [0.2, 0.25) is 0 Å². The predicted molar refractivity (Wildman–Crippen MR) is 50.4 cm³/mol. The highest BCUT2D eigenvalue weighted by Crippen LogP contribution is 2.15. The minimum atomic E-state index is -0.139. The van der Waals surface area contributed by atoms with E-state index < -0.39 is 0 Å². The normalized spacial score (nSPS) is 19.6. The molecule has 2 amide bonds. The average Bonchev–Trinajstić information content (AvgIpc) is 2.65. The van der Waals surface area contributed by atoms with Crippen molar-refractivity contribution in [3.8, 4) is 6.07 Å². The van der Waals surface area contributed by atoms with E-state index in [9.17, 15) is 4.79 Å². The Kier molecular flexibility index (Phi) is 2.07. The summed E-state index contributed by atoms with van der Waals surface area (Å²) >= 11 is 0. The SMILES string of the molecule is N#Cc1ccc(C2CNC(=O)N2)cc1. The van der Waals surface area contributed by atoms with Gasteiger partial charge in [0, 0.05) is 6.54 Å². The molecule has 1 aromatic carbocycles. The summed E-state index contributed by atoms with van der Waals surface area (Å²) in [6, 6.07) is 9.15. The van der Waals surface area contributed by atoms with Crippen LogP contribution in [0.15, 0.2) is 24.3 Å². The van der Waals surface area contributed by atoms with Gasteiger partial charge in [-0.25, -0.2) is 4.79 Å². The second-order valence-corrected chi connectivity index (χ2v) is 3.14. The van der Waals surface area contributed by atoms with Crippen LogP contribution in [0.25, 0.3) is 0 Å².